The maximum atomic E-state index is 12.8. The number of carbonyl (C=O) groups is 2. The zero-order valence-corrected chi connectivity index (χ0v) is 16.8. The molecule has 1 aromatic rings. The normalized spacial score (nSPS) is 16.7. The van der Waals surface area contributed by atoms with Gasteiger partial charge in [-0.15, -0.1) is 0 Å². The smallest absolute Gasteiger partial charge is 0.320 e. The second kappa shape index (κ2) is 8.17. The number of esters is 2. The van der Waals surface area contributed by atoms with Crippen LogP contribution >= 0.6 is 0 Å². The highest BCUT2D eigenvalue weighted by Gasteiger charge is 2.59. The third kappa shape index (κ3) is 3.66. The maximum Gasteiger partial charge on any atom is 0.320 e. The Hall–Kier alpha value is -1.62. The zero-order chi connectivity index (χ0) is 18.5. The van der Waals surface area contributed by atoms with E-state index in [0.29, 0.717) is 0 Å². The summed E-state index contributed by atoms with van der Waals surface area (Å²) in [5.41, 5.74) is 0. The van der Waals surface area contributed by atoms with Crippen LogP contribution in [0.25, 0.3) is 0 Å². The standard InChI is InChI=1S/C20H30O4Si/c1-5-23-18(21)17(19(22)24-6-2)20(14-10-11-15-20)25(3,4)16-12-8-7-9-13-16/h7-9,12-13,17H,5-6,10-11,14-15H2,1-4H3. The van der Waals surface area contributed by atoms with Crippen molar-refractivity contribution in [1.82, 2.24) is 0 Å². The molecule has 1 aromatic carbocycles. The fourth-order valence-corrected chi connectivity index (χ4v) is 8.58. The summed E-state index contributed by atoms with van der Waals surface area (Å²) in [5.74, 6) is -1.66. The first-order valence-corrected chi connectivity index (χ1v) is 12.3. The van der Waals surface area contributed by atoms with Gasteiger partial charge in [-0.25, -0.2) is 0 Å². The van der Waals surface area contributed by atoms with Crippen molar-refractivity contribution in [3.63, 3.8) is 0 Å². The molecule has 0 aromatic heterocycles. The van der Waals surface area contributed by atoms with Crippen molar-refractivity contribution >= 4 is 25.2 Å². The van der Waals surface area contributed by atoms with Gasteiger partial charge in [0.15, 0.2) is 5.92 Å². The number of ether oxygens (including phenoxy) is 2. The van der Waals surface area contributed by atoms with Gasteiger partial charge in [0.1, 0.15) is 0 Å². The van der Waals surface area contributed by atoms with E-state index in [-0.39, 0.29) is 18.3 Å². The van der Waals surface area contributed by atoms with Gasteiger partial charge in [-0.2, -0.15) is 0 Å². The van der Waals surface area contributed by atoms with Crippen LogP contribution < -0.4 is 5.19 Å². The fraction of sp³-hybridized carbons (Fsp3) is 0.600. The van der Waals surface area contributed by atoms with Crippen LogP contribution in [0.15, 0.2) is 30.3 Å². The van der Waals surface area contributed by atoms with Gasteiger partial charge in [-0.3, -0.25) is 9.59 Å². The van der Waals surface area contributed by atoms with Crippen molar-refractivity contribution in [3.05, 3.63) is 30.3 Å². The highest BCUT2D eigenvalue weighted by molar-refractivity contribution is 6.92. The fourth-order valence-electron chi connectivity index (χ4n) is 4.42. The Balaban J connectivity index is 2.54. The molecule has 1 aliphatic rings. The van der Waals surface area contributed by atoms with Crippen LogP contribution in [0.1, 0.15) is 39.5 Å². The lowest BCUT2D eigenvalue weighted by molar-refractivity contribution is -0.163. The second-order valence-electron chi connectivity index (χ2n) is 7.29. The highest BCUT2D eigenvalue weighted by Crippen LogP contribution is 2.58. The molecule has 0 aliphatic heterocycles. The molecule has 0 heterocycles. The Kier molecular flexibility index (Phi) is 6.44. The average Bonchev–Trinajstić information content (AvgIpc) is 3.07. The Bertz CT molecular complexity index is 573. The van der Waals surface area contributed by atoms with Crippen LogP contribution in [0.4, 0.5) is 0 Å². The molecule has 0 saturated heterocycles. The van der Waals surface area contributed by atoms with Crippen molar-refractivity contribution in [1.29, 1.82) is 0 Å². The van der Waals surface area contributed by atoms with Gasteiger partial charge < -0.3 is 9.47 Å². The van der Waals surface area contributed by atoms with Crippen LogP contribution in [0.2, 0.25) is 18.1 Å². The summed E-state index contributed by atoms with van der Waals surface area (Å²) in [7, 11) is -2.14. The van der Waals surface area contributed by atoms with Gasteiger partial charge >= 0.3 is 11.9 Å². The Labute approximate surface area is 151 Å². The first-order valence-electron chi connectivity index (χ1n) is 9.29. The predicted octanol–water partition coefficient (Wildman–Crippen LogP) is 3.66. The largest absolute Gasteiger partial charge is 0.465 e. The molecule has 0 amide bonds. The van der Waals surface area contributed by atoms with E-state index < -0.39 is 25.9 Å². The van der Waals surface area contributed by atoms with Crippen molar-refractivity contribution < 1.29 is 19.1 Å². The number of benzene rings is 1. The lowest BCUT2D eigenvalue weighted by Crippen LogP contribution is -2.58. The first-order chi connectivity index (χ1) is 11.9. The van der Waals surface area contributed by atoms with Crippen molar-refractivity contribution in [3.8, 4) is 0 Å². The summed E-state index contributed by atoms with van der Waals surface area (Å²) in [4.78, 5) is 25.7. The molecule has 1 aliphatic carbocycles. The molecule has 4 nitrogen and oxygen atoms in total. The maximum absolute atomic E-state index is 12.8. The minimum Gasteiger partial charge on any atom is -0.465 e. The zero-order valence-electron chi connectivity index (χ0n) is 15.8. The van der Waals surface area contributed by atoms with Crippen LogP contribution in [0.5, 0.6) is 0 Å². The molecule has 0 unspecified atom stereocenters. The quantitative estimate of drug-likeness (QED) is 0.422. The summed E-state index contributed by atoms with van der Waals surface area (Å²) in [5, 5.41) is 0.919. The highest BCUT2D eigenvalue weighted by atomic mass is 28.3. The molecule has 0 bridgehead atoms. The SMILES string of the molecule is CCOC(=O)C(C(=O)OCC)C1([Si](C)(C)c2ccccc2)CCCC1. The van der Waals surface area contributed by atoms with Gasteiger partial charge in [0.05, 0.1) is 21.3 Å². The molecule has 0 radical (unpaired) electrons. The monoisotopic (exact) mass is 362 g/mol. The molecule has 2 rings (SSSR count). The lowest BCUT2D eigenvalue weighted by atomic mass is 9.89. The van der Waals surface area contributed by atoms with Crippen molar-refractivity contribution in [2.75, 3.05) is 13.2 Å². The predicted molar refractivity (Wildman–Crippen MR) is 101 cm³/mol. The molecule has 138 valence electrons. The van der Waals surface area contributed by atoms with E-state index in [0.717, 1.165) is 25.7 Å². The van der Waals surface area contributed by atoms with Crippen molar-refractivity contribution in [2.45, 2.75) is 57.7 Å². The Morgan fingerprint density at radius 2 is 1.48 bits per heavy atom. The van der Waals surface area contributed by atoms with Crippen LogP contribution in [0, 0.1) is 5.92 Å². The number of rotatable bonds is 7. The first kappa shape index (κ1) is 19.7. The molecule has 0 spiro atoms. The molecule has 0 N–H and O–H groups in total. The summed E-state index contributed by atoms with van der Waals surface area (Å²) < 4.78 is 10.6. The summed E-state index contributed by atoms with van der Waals surface area (Å²) in [6.45, 7) is 8.66. The Morgan fingerprint density at radius 3 is 1.92 bits per heavy atom. The van der Waals surface area contributed by atoms with Crippen LogP contribution in [-0.2, 0) is 19.1 Å². The molecular formula is C20H30O4Si. The van der Waals surface area contributed by atoms with Crippen LogP contribution in [-0.4, -0.2) is 33.2 Å². The van der Waals surface area contributed by atoms with Crippen molar-refractivity contribution in [2.24, 2.45) is 5.92 Å². The van der Waals surface area contributed by atoms with Gasteiger partial charge in [-0.1, -0.05) is 61.5 Å². The van der Waals surface area contributed by atoms with E-state index in [9.17, 15) is 9.59 Å². The molecule has 1 saturated carbocycles. The molecule has 5 heteroatoms. The summed E-state index contributed by atoms with van der Waals surface area (Å²) in [6, 6.07) is 10.4. The van der Waals surface area contributed by atoms with E-state index in [1.54, 1.807) is 13.8 Å². The van der Waals surface area contributed by atoms with E-state index in [1.165, 1.54) is 5.19 Å². The third-order valence-electron chi connectivity index (χ3n) is 5.83. The van der Waals surface area contributed by atoms with E-state index in [2.05, 4.69) is 25.2 Å². The van der Waals surface area contributed by atoms with E-state index >= 15 is 0 Å². The van der Waals surface area contributed by atoms with Gasteiger partial charge in [0.2, 0.25) is 0 Å². The Morgan fingerprint density at radius 1 is 1.00 bits per heavy atom. The minimum atomic E-state index is -2.14. The number of hydrogen-bond donors (Lipinski definition) is 0. The van der Waals surface area contributed by atoms with Gasteiger partial charge in [0, 0.05) is 0 Å². The summed E-state index contributed by atoms with van der Waals surface area (Å²) >= 11 is 0. The third-order valence-corrected chi connectivity index (χ3v) is 10.9. The van der Waals surface area contributed by atoms with E-state index in [4.69, 9.17) is 9.47 Å². The molecule has 1 fully saturated rings. The number of hydrogen-bond acceptors (Lipinski definition) is 4. The number of carbonyl (C=O) groups excluding carboxylic acids is 2. The van der Waals surface area contributed by atoms with Gasteiger partial charge in [-0.05, 0) is 31.7 Å². The molecule has 25 heavy (non-hydrogen) atoms. The topological polar surface area (TPSA) is 52.6 Å². The van der Waals surface area contributed by atoms with E-state index in [1.807, 2.05) is 18.2 Å². The lowest BCUT2D eigenvalue weighted by Gasteiger charge is -2.46. The second-order valence-corrected chi connectivity index (χ2v) is 12.1. The van der Waals surface area contributed by atoms with Crippen LogP contribution in [0.3, 0.4) is 0 Å². The average molecular weight is 363 g/mol. The van der Waals surface area contributed by atoms with Gasteiger partial charge in [0.25, 0.3) is 0 Å². The minimum absolute atomic E-state index is 0.276. The molecular weight excluding hydrogens is 332 g/mol. The summed E-state index contributed by atoms with van der Waals surface area (Å²) in [6.07, 6.45) is 3.84. The molecule has 0 atom stereocenters.